The lowest BCUT2D eigenvalue weighted by molar-refractivity contribution is -0.147. The van der Waals surface area contributed by atoms with Crippen molar-refractivity contribution in [1.82, 2.24) is 0 Å². The number of aliphatic hydroxyl groups is 5. The predicted octanol–water partition coefficient (Wildman–Crippen LogP) is -1.43. The van der Waals surface area contributed by atoms with Gasteiger partial charge in [0.2, 0.25) is 0 Å². The first kappa shape index (κ1) is 16.5. The molecule has 0 saturated heterocycles. The maximum Gasteiger partial charge on any atom is 0.164 e. The zero-order valence-electron chi connectivity index (χ0n) is 9.99. The fourth-order valence-corrected chi connectivity index (χ4v) is 1.41. The monoisotopic (exact) mass is 250 g/mol. The predicted molar refractivity (Wildman–Crippen MR) is 60.3 cm³/mol. The lowest BCUT2D eigenvalue weighted by Gasteiger charge is -2.24. The minimum Gasteiger partial charge on any atom is -0.394 e. The topological polar surface area (TPSA) is 118 Å². The van der Waals surface area contributed by atoms with Crippen molar-refractivity contribution in [3.63, 3.8) is 0 Å². The molecule has 0 fully saturated rings. The molecule has 4 unspecified atom stereocenters. The number of ketones is 1. The van der Waals surface area contributed by atoms with Crippen molar-refractivity contribution in [2.24, 2.45) is 0 Å². The van der Waals surface area contributed by atoms with Gasteiger partial charge in [0, 0.05) is 6.42 Å². The van der Waals surface area contributed by atoms with Crippen molar-refractivity contribution in [2.45, 2.75) is 57.0 Å². The van der Waals surface area contributed by atoms with E-state index < -0.39 is 36.8 Å². The minimum absolute atomic E-state index is 0.119. The molecule has 0 aliphatic rings. The Kier molecular flexibility index (Phi) is 8.28. The summed E-state index contributed by atoms with van der Waals surface area (Å²) < 4.78 is 0. The normalized spacial score (nSPS) is 18.5. The van der Waals surface area contributed by atoms with Crippen molar-refractivity contribution >= 4 is 5.78 Å². The summed E-state index contributed by atoms with van der Waals surface area (Å²) in [6.07, 6.45) is -4.34. The van der Waals surface area contributed by atoms with Crippen molar-refractivity contribution in [3.8, 4) is 0 Å². The molecule has 17 heavy (non-hydrogen) atoms. The van der Waals surface area contributed by atoms with Crippen LogP contribution in [0.1, 0.15) is 32.6 Å². The van der Waals surface area contributed by atoms with E-state index in [4.69, 9.17) is 10.2 Å². The van der Waals surface area contributed by atoms with Gasteiger partial charge in [0.05, 0.1) is 6.61 Å². The van der Waals surface area contributed by atoms with E-state index in [1.807, 2.05) is 6.92 Å². The molecule has 0 radical (unpaired) electrons. The fraction of sp³-hybridized carbons (Fsp3) is 0.909. The van der Waals surface area contributed by atoms with Gasteiger partial charge in [-0.15, -0.1) is 0 Å². The summed E-state index contributed by atoms with van der Waals surface area (Å²) in [5.74, 6) is -0.574. The zero-order valence-corrected chi connectivity index (χ0v) is 9.99. The average Bonchev–Trinajstić information content (AvgIpc) is 2.35. The molecule has 0 heterocycles. The first-order valence-electron chi connectivity index (χ1n) is 5.81. The molecule has 6 nitrogen and oxygen atoms in total. The Morgan fingerprint density at radius 2 is 1.65 bits per heavy atom. The summed E-state index contributed by atoms with van der Waals surface area (Å²) in [5.41, 5.74) is 0. The van der Waals surface area contributed by atoms with Gasteiger partial charge < -0.3 is 25.5 Å². The van der Waals surface area contributed by atoms with Crippen molar-refractivity contribution in [3.05, 3.63) is 0 Å². The van der Waals surface area contributed by atoms with E-state index >= 15 is 0 Å². The highest BCUT2D eigenvalue weighted by Crippen LogP contribution is 2.09. The molecule has 6 heteroatoms. The standard InChI is InChI=1S/C11H22O6/c1-2-3-4-5-7(13)9(15)11(17)10(16)8(14)6-12/h8-12,14-17H,2-6H2,1H3. The van der Waals surface area contributed by atoms with Gasteiger partial charge in [0.15, 0.2) is 5.78 Å². The molecule has 0 aliphatic carbocycles. The number of hydrogen-bond acceptors (Lipinski definition) is 6. The third kappa shape index (κ3) is 5.56. The summed E-state index contributed by atoms with van der Waals surface area (Å²) >= 11 is 0. The van der Waals surface area contributed by atoms with E-state index in [1.54, 1.807) is 0 Å². The van der Waals surface area contributed by atoms with E-state index in [2.05, 4.69) is 0 Å². The fourth-order valence-electron chi connectivity index (χ4n) is 1.41. The Balaban J connectivity index is 4.18. The maximum absolute atomic E-state index is 11.4. The summed E-state index contributed by atoms with van der Waals surface area (Å²) in [6.45, 7) is 1.21. The van der Waals surface area contributed by atoms with E-state index in [-0.39, 0.29) is 6.42 Å². The Labute approximate surface area is 101 Å². The third-order valence-electron chi connectivity index (χ3n) is 2.61. The first-order chi connectivity index (χ1) is 7.95. The van der Waals surface area contributed by atoms with E-state index in [9.17, 15) is 20.1 Å². The number of carbonyl (C=O) groups is 1. The van der Waals surface area contributed by atoms with Crippen molar-refractivity contribution < 1.29 is 30.3 Å². The lowest BCUT2D eigenvalue weighted by Crippen LogP contribution is -2.48. The second-order valence-corrected chi connectivity index (χ2v) is 4.10. The number of aliphatic hydroxyl groups excluding tert-OH is 5. The van der Waals surface area contributed by atoms with Crippen LogP contribution < -0.4 is 0 Å². The van der Waals surface area contributed by atoms with Gasteiger partial charge in [-0.3, -0.25) is 4.79 Å². The molecule has 0 aromatic rings. The summed E-state index contributed by atoms with van der Waals surface area (Å²) in [7, 11) is 0. The van der Waals surface area contributed by atoms with E-state index in [0.717, 1.165) is 12.8 Å². The zero-order chi connectivity index (χ0) is 13.4. The summed E-state index contributed by atoms with van der Waals surface area (Å²) in [4.78, 5) is 11.4. The number of rotatable bonds is 9. The Morgan fingerprint density at radius 1 is 1.06 bits per heavy atom. The molecule has 0 bridgehead atoms. The molecule has 0 spiro atoms. The quantitative estimate of drug-likeness (QED) is 0.320. The number of Topliss-reactive ketones (excluding diaryl/α,β-unsaturated/α-hetero) is 1. The highest BCUT2D eigenvalue weighted by Gasteiger charge is 2.33. The molecule has 0 amide bonds. The van der Waals surface area contributed by atoms with E-state index in [0.29, 0.717) is 6.42 Å². The minimum atomic E-state index is -1.79. The Bertz CT molecular complexity index is 220. The van der Waals surface area contributed by atoms with Gasteiger partial charge in [0.25, 0.3) is 0 Å². The van der Waals surface area contributed by atoms with Gasteiger partial charge in [-0.1, -0.05) is 19.8 Å². The molecular formula is C11H22O6. The molecule has 5 N–H and O–H groups in total. The van der Waals surface area contributed by atoms with Crippen molar-refractivity contribution in [1.29, 1.82) is 0 Å². The van der Waals surface area contributed by atoms with Crippen LogP contribution in [0.4, 0.5) is 0 Å². The van der Waals surface area contributed by atoms with Crippen LogP contribution in [0.2, 0.25) is 0 Å². The molecule has 0 aromatic heterocycles. The van der Waals surface area contributed by atoms with Crippen LogP contribution in [-0.2, 0) is 4.79 Å². The molecule has 0 saturated carbocycles. The van der Waals surface area contributed by atoms with Gasteiger partial charge in [-0.05, 0) is 6.42 Å². The number of unbranched alkanes of at least 4 members (excludes halogenated alkanes) is 2. The van der Waals surface area contributed by atoms with Gasteiger partial charge >= 0.3 is 0 Å². The lowest BCUT2D eigenvalue weighted by atomic mass is 9.97. The van der Waals surface area contributed by atoms with Gasteiger partial charge in [-0.25, -0.2) is 0 Å². The van der Waals surface area contributed by atoms with E-state index in [1.165, 1.54) is 0 Å². The van der Waals surface area contributed by atoms with Gasteiger partial charge in [-0.2, -0.15) is 0 Å². The van der Waals surface area contributed by atoms with Gasteiger partial charge in [0.1, 0.15) is 24.4 Å². The Hall–Kier alpha value is -0.530. The molecule has 4 atom stereocenters. The molecule has 0 aromatic carbocycles. The molecule has 0 aliphatic heterocycles. The number of carbonyl (C=O) groups excluding carboxylic acids is 1. The van der Waals surface area contributed by atoms with Crippen molar-refractivity contribution in [2.75, 3.05) is 6.61 Å². The number of hydrogen-bond donors (Lipinski definition) is 5. The smallest absolute Gasteiger partial charge is 0.164 e. The van der Waals surface area contributed by atoms with Crippen LogP contribution in [0.5, 0.6) is 0 Å². The second-order valence-electron chi connectivity index (χ2n) is 4.10. The summed E-state index contributed by atoms with van der Waals surface area (Å²) in [5, 5.41) is 45.8. The van der Waals surface area contributed by atoms with Crippen LogP contribution in [0.3, 0.4) is 0 Å². The molecule has 102 valence electrons. The average molecular weight is 250 g/mol. The Morgan fingerprint density at radius 3 is 2.12 bits per heavy atom. The van der Waals surface area contributed by atoms with Crippen LogP contribution in [0, 0.1) is 0 Å². The highest BCUT2D eigenvalue weighted by molar-refractivity contribution is 5.83. The van der Waals surface area contributed by atoms with Crippen LogP contribution in [0.15, 0.2) is 0 Å². The third-order valence-corrected chi connectivity index (χ3v) is 2.61. The highest BCUT2D eigenvalue weighted by atomic mass is 16.4. The first-order valence-corrected chi connectivity index (χ1v) is 5.81. The second kappa shape index (κ2) is 8.54. The molecule has 0 rings (SSSR count). The maximum atomic E-state index is 11.4. The van der Waals surface area contributed by atoms with Crippen LogP contribution >= 0.6 is 0 Å². The summed E-state index contributed by atoms with van der Waals surface area (Å²) in [6, 6.07) is 0. The van der Waals surface area contributed by atoms with Crippen LogP contribution in [-0.4, -0.2) is 62.3 Å². The SMILES string of the molecule is CCCCCC(=O)C(O)C(O)C(O)C(O)CO. The van der Waals surface area contributed by atoms with Crippen LogP contribution in [0.25, 0.3) is 0 Å². The molecular weight excluding hydrogens is 228 g/mol. The largest absolute Gasteiger partial charge is 0.394 e.